The van der Waals surface area contributed by atoms with Gasteiger partial charge in [-0.15, -0.1) is 0 Å². The molecule has 4 rings (SSSR count). The van der Waals surface area contributed by atoms with Crippen LogP contribution in [0.4, 0.5) is 5.69 Å². The topological polar surface area (TPSA) is 54.9 Å². The summed E-state index contributed by atoms with van der Waals surface area (Å²) >= 11 is 0. The lowest BCUT2D eigenvalue weighted by molar-refractivity contribution is 0.102. The van der Waals surface area contributed by atoms with Crippen molar-refractivity contribution in [3.63, 3.8) is 0 Å². The molecule has 0 radical (unpaired) electrons. The number of hydrogen-bond donors (Lipinski definition) is 1. The lowest BCUT2D eigenvalue weighted by Gasteiger charge is -2.07. The molecule has 2 aromatic heterocycles. The lowest BCUT2D eigenvalue weighted by atomic mass is 10.1. The number of carbonyl (C=O) groups excluding carboxylic acids is 1. The minimum absolute atomic E-state index is 0.220. The number of benzene rings is 2. The molecule has 4 nitrogen and oxygen atoms in total. The average Bonchev–Trinajstić information content (AvgIpc) is 2.69. The number of pyridine rings is 2. The molecule has 2 aromatic carbocycles. The first-order valence-electron chi connectivity index (χ1n) is 7.97. The summed E-state index contributed by atoms with van der Waals surface area (Å²) in [6.07, 6.45) is 3.52. The van der Waals surface area contributed by atoms with E-state index in [-0.39, 0.29) is 5.91 Å². The second-order valence-electron chi connectivity index (χ2n) is 5.66. The van der Waals surface area contributed by atoms with Gasteiger partial charge in [0.2, 0.25) is 0 Å². The van der Waals surface area contributed by atoms with Gasteiger partial charge in [0.25, 0.3) is 5.91 Å². The highest BCUT2D eigenvalue weighted by atomic mass is 16.1. The quantitative estimate of drug-likeness (QED) is 0.601. The molecular formula is C21H15N3O. The number of amides is 1. The summed E-state index contributed by atoms with van der Waals surface area (Å²) in [6, 6.07) is 23.0. The number of fused-ring (bicyclic) bond motifs is 1. The third-order valence-corrected chi connectivity index (χ3v) is 3.99. The lowest BCUT2D eigenvalue weighted by Crippen LogP contribution is -2.13. The number of carbonyl (C=O) groups is 1. The Labute approximate surface area is 145 Å². The summed E-state index contributed by atoms with van der Waals surface area (Å²) in [6.45, 7) is 0. The van der Waals surface area contributed by atoms with Crippen LogP contribution in [0, 0.1) is 0 Å². The molecule has 1 N–H and O–H groups in total. The van der Waals surface area contributed by atoms with Crippen molar-refractivity contribution in [2.45, 2.75) is 0 Å². The number of nitrogens with zero attached hydrogens (tertiary/aromatic N) is 2. The van der Waals surface area contributed by atoms with Crippen molar-refractivity contribution in [1.82, 2.24) is 9.97 Å². The van der Waals surface area contributed by atoms with E-state index >= 15 is 0 Å². The van der Waals surface area contributed by atoms with Gasteiger partial charge in [0.05, 0.1) is 5.52 Å². The van der Waals surface area contributed by atoms with Crippen LogP contribution in [0.15, 0.2) is 85.2 Å². The van der Waals surface area contributed by atoms with Crippen LogP contribution in [0.25, 0.3) is 22.0 Å². The number of aromatic nitrogens is 2. The molecule has 25 heavy (non-hydrogen) atoms. The van der Waals surface area contributed by atoms with Crippen molar-refractivity contribution in [2.24, 2.45) is 0 Å². The zero-order valence-corrected chi connectivity index (χ0v) is 13.4. The van der Waals surface area contributed by atoms with Gasteiger partial charge in [-0.2, -0.15) is 0 Å². The van der Waals surface area contributed by atoms with E-state index in [1.807, 2.05) is 66.7 Å². The third kappa shape index (κ3) is 3.23. The summed E-state index contributed by atoms with van der Waals surface area (Å²) in [5.41, 5.74) is 4.10. The van der Waals surface area contributed by atoms with Crippen LogP contribution in [-0.2, 0) is 0 Å². The molecule has 0 bridgehead atoms. The van der Waals surface area contributed by atoms with Crippen LogP contribution in [-0.4, -0.2) is 15.9 Å². The smallest absolute Gasteiger partial charge is 0.274 e. The molecule has 0 aliphatic carbocycles. The first kappa shape index (κ1) is 15.0. The second kappa shape index (κ2) is 6.53. The molecule has 0 aliphatic heterocycles. The highest BCUT2D eigenvalue weighted by Gasteiger charge is 2.08. The van der Waals surface area contributed by atoms with E-state index in [2.05, 4.69) is 15.3 Å². The Morgan fingerprint density at radius 3 is 2.28 bits per heavy atom. The molecule has 2 heterocycles. The molecule has 1 amide bonds. The van der Waals surface area contributed by atoms with Gasteiger partial charge < -0.3 is 5.32 Å². The van der Waals surface area contributed by atoms with Crippen molar-refractivity contribution in [1.29, 1.82) is 0 Å². The summed E-state index contributed by atoms with van der Waals surface area (Å²) in [4.78, 5) is 20.9. The maximum Gasteiger partial charge on any atom is 0.274 e. The largest absolute Gasteiger partial charge is 0.321 e. The summed E-state index contributed by atoms with van der Waals surface area (Å²) in [5, 5.41) is 3.90. The van der Waals surface area contributed by atoms with E-state index in [0.29, 0.717) is 5.69 Å². The van der Waals surface area contributed by atoms with E-state index in [1.54, 1.807) is 18.5 Å². The van der Waals surface area contributed by atoms with Crippen molar-refractivity contribution in [3.05, 3.63) is 90.9 Å². The normalized spacial score (nSPS) is 10.6. The van der Waals surface area contributed by atoms with E-state index in [4.69, 9.17) is 0 Å². The van der Waals surface area contributed by atoms with E-state index in [9.17, 15) is 4.79 Å². The van der Waals surface area contributed by atoms with Crippen LogP contribution in [0.1, 0.15) is 10.5 Å². The molecule has 0 atom stereocenters. The Morgan fingerprint density at radius 2 is 1.48 bits per heavy atom. The molecular weight excluding hydrogens is 310 g/mol. The van der Waals surface area contributed by atoms with Crippen molar-refractivity contribution >= 4 is 22.5 Å². The molecule has 0 fully saturated rings. The molecule has 0 saturated heterocycles. The number of anilines is 1. The monoisotopic (exact) mass is 325 g/mol. The fraction of sp³-hybridized carbons (Fsp3) is 0. The van der Waals surface area contributed by atoms with Crippen LogP contribution in [0.2, 0.25) is 0 Å². The maximum absolute atomic E-state index is 12.4. The Hall–Kier alpha value is -3.53. The Morgan fingerprint density at radius 1 is 0.760 bits per heavy atom. The number of nitrogens with one attached hydrogen (secondary N) is 1. The number of rotatable bonds is 3. The molecule has 120 valence electrons. The van der Waals surface area contributed by atoms with Crippen molar-refractivity contribution in [3.8, 4) is 11.1 Å². The predicted molar refractivity (Wildman–Crippen MR) is 99.4 cm³/mol. The standard InChI is InChI=1S/C21H15N3O/c25-21(20-10-7-17-3-1-2-4-19(17)24-20)23-18-8-5-15(6-9-18)16-11-13-22-14-12-16/h1-14H,(H,23,25). The van der Waals surface area contributed by atoms with Crippen molar-refractivity contribution < 1.29 is 4.79 Å². The van der Waals surface area contributed by atoms with Gasteiger partial charge in [-0.3, -0.25) is 9.78 Å². The minimum Gasteiger partial charge on any atom is -0.321 e. The zero-order valence-electron chi connectivity index (χ0n) is 13.4. The minimum atomic E-state index is -0.220. The van der Waals surface area contributed by atoms with Crippen LogP contribution >= 0.6 is 0 Å². The van der Waals surface area contributed by atoms with Gasteiger partial charge in [-0.1, -0.05) is 36.4 Å². The summed E-state index contributed by atoms with van der Waals surface area (Å²) in [7, 11) is 0. The van der Waals surface area contributed by atoms with Crippen LogP contribution in [0.5, 0.6) is 0 Å². The number of para-hydroxylation sites is 1. The second-order valence-corrected chi connectivity index (χ2v) is 5.66. The summed E-state index contributed by atoms with van der Waals surface area (Å²) in [5.74, 6) is -0.220. The molecule has 0 aliphatic rings. The molecule has 4 heteroatoms. The molecule has 0 saturated carbocycles. The fourth-order valence-electron chi connectivity index (χ4n) is 2.68. The highest BCUT2D eigenvalue weighted by molar-refractivity contribution is 6.04. The maximum atomic E-state index is 12.4. The van der Waals surface area contributed by atoms with E-state index in [0.717, 1.165) is 27.7 Å². The van der Waals surface area contributed by atoms with E-state index < -0.39 is 0 Å². The fourth-order valence-corrected chi connectivity index (χ4v) is 2.68. The third-order valence-electron chi connectivity index (χ3n) is 3.99. The van der Waals surface area contributed by atoms with Crippen LogP contribution < -0.4 is 5.32 Å². The predicted octanol–water partition coefficient (Wildman–Crippen LogP) is 4.55. The summed E-state index contributed by atoms with van der Waals surface area (Å²) < 4.78 is 0. The Bertz CT molecular complexity index is 1030. The van der Waals surface area contributed by atoms with Gasteiger partial charge in [-0.25, -0.2) is 4.98 Å². The van der Waals surface area contributed by atoms with Gasteiger partial charge in [-0.05, 0) is 47.5 Å². The first-order valence-corrected chi connectivity index (χ1v) is 7.97. The number of hydrogen-bond acceptors (Lipinski definition) is 3. The SMILES string of the molecule is O=C(Nc1ccc(-c2ccncc2)cc1)c1ccc2ccccc2n1. The first-order chi connectivity index (χ1) is 12.3. The highest BCUT2D eigenvalue weighted by Crippen LogP contribution is 2.21. The molecule has 0 spiro atoms. The van der Waals surface area contributed by atoms with Gasteiger partial charge in [0.1, 0.15) is 5.69 Å². The van der Waals surface area contributed by atoms with Gasteiger partial charge in [0, 0.05) is 23.5 Å². The Balaban J connectivity index is 1.53. The Kier molecular flexibility index (Phi) is 3.92. The van der Waals surface area contributed by atoms with Gasteiger partial charge >= 0.3 is 0 Å². The van der Waals surface area contributed by atoms with Gasteiger partial charge in [0.15, 0.2) is 0 Å². The van der Waals surface area contributed by atoms with Crippen molar-refractivity contribution in [2.75, 3.05) is 5.32 Å². The molecule has 4 aromatic rings. The van der Waals surface area contributed by atoms with E-state index in [1.165, 1.54) is 0 Å². The molecule has 0 unspecified atom stereocenters. The van der Waals surface area contributed by atoms with Crippen LogP contribution in [0.3, 0.4) is 0 Å². The zero-order chi connectivity index (χ0) is 17.1. The average molecular weight is 325 g/mol.